The van der Waals surface area contributed by atoms with E-state index < -0.39 is 17.5 Å². The number of amides is 1. The molecule has 2 N–H and O–H groups in total. The fourth-order valence-electron chi connectivity index (χ4n) is 2.99. The molecule has 0 spiro atoms. The highest BCUT2D eigenvalue weighted by molar-refractivity contribution is 7.99. The molecule has 0 aliphatic rings. The third kappa shape index (κ3) is 3.97. The third-order valence-electron chi connectivity index (χ3n) is 4.31. The molecule has 0 saturated heterocycles. The molecule has 0 atom stereocenters. The van der Waals surface area contributed by atoms with E-state index in [1.165, 1.54) is 4.57 Å². The lowest BCUT2D eigenvalue weighted by atomic mass is 10.3. The number of halogens is 2. The molecule has 0 fully saturated rings. The first-order chi connectivity index (χ1) is 14.4. The summed E-state index contributed by atoms with van der Waals surface area (Å²) in [7, 11) is 0. The van der Waals surface area contributed by atoms with E-state index in [1.807, 2.05) is 13.0 Å². The van der Waals surface area contributed by atoms with Gasteiger partial charge in [-0.15, -0.1) is 0 Å². The second kappa shape index (κ2) is 8.11. The number of benzene rings is 2. The number of carbonyl (C=O) groups excluding carboxylic acids is 1. The number of carbonyl (C=O) groups is 1. The van der Waals surface area contributed by atoms with Gasteiger partial charge in [-0.3, -0.25) is 14.2 Å². The Labute approximate surface area is 174 Å². The molecule has 6 nitrogen and oxygen atoms in total. The molecular formula is C21H16F2N4O2S. The second-order valence-corrected chi connectivity index (χ2v) is 7.49. The molecule has 2 aromatic carbocycles. The largest absolute Gasteiger partial charge is 0.353 e. The number of para-hydroxylation sites is 1. The number of aromatic amines is 1. The lowest BCUT2D eigenvalue weighted by Gasteiger charge is -2.12. The number of aryl methyl sites for hydroxylation is 1. The lowest BCUT2D eigenvalue weighted by molar-refractivity contribution is -0.113. The summed E-state index contributed by atoms with van der Waals surface area (Å²) < 4.78 is 28.5. The van der Waals surface area contributed by atoms with Gasteiger partial charge in [0.15, 0.2) is 5.16 Å². The van der Waals surface area contributed by atoms with Crippen molar-refractivity contribution >= 4 is 34.4 Å². The molecule has 0 aliphatic carbocycles. The molecule has 0 radical (unpaired) electrons. The average molecular weight is 426 g/mol. The SMILES string of the molecule is Cc1cc2nc(SCC(=O)Nc3cc(F)ccc3F)n(-c3ccccc3)c(=O)c2[nH]1. The van der Waals surface area contributed by atoms with Crippen molar-refractivity contribution in [2.24, 2.45) is 0 Å². The fourth-order valence-corrected chi connectivity index (χ4v) is 3.80. The zero-order chi connectivity index (χ0) is 21.3. The second-order valence-electron chi connectivity index (χ2n) is 6.54. The molecule has 2 aromatic heterocycles. The number of fused-ring (bicyclic) bond motifs is 1. The van der Waals surface area contributed by atoms with E-state index in [4.69, 9.17) is 0 Å². The van der Waals surface area contributed by atoms with Gasteiger partial charge in [0.05, 0.1) is 22.6 Å². The van der Waals surface area contributed by atoms with Crippen molar-refractivity contribution in [1.29, 1.82) is 0 Å². The maximum Gasteiger partial charge on any atom is 0.283 e. The number of nitrogens with zero attached hydrogens (tertiary/aromatic N) is 2. The number of hydrogen-bond acceptors (Lipinski definition) is 4. The highest BCUT2D eigenvalue weighted by atomic mass is 32.2. The first-order valence-corrected chi connectivity index (χ1v) is 9.96. The number of hydrogen-bond donors (Lipinski definition) is 2. The molecule has 0 saturated carbocycles. The Morgan fingerprint density at radius 1 is 1.17 bits per heavy atom. The molecule has 152 valence electrons. The van der Waals surface area contributed by atoms with Gasteiger partial charge in [-0.1, -0.05) is 30.0 Å². The first-order valence-electron chi connectivity index (χ1n) is 8.98. The van der Waals surface area contributed by atoms with Crippen LogP contribution in [-0.4, -0.2) is 26.2 Å². The first kappa shape index (κ1) is 19.8. The van der Waals surface area contributed by atoms with Gasteiger partial charge in [0.1, 0.15) is 17.2 Å². The molecular weight excluding hydrogens is 410 g/mol. The van der Waals surface area contributed by atoms with Crippen LogP contribution in [0, 0.1) is 18.6 Å². The number of aromatic nitrogens is 3. The predicted molar refractivity (Wildman–Crippen MR) is 112 cm³/mol. The quantitative estimate of drug-likeness (QED) is 0.373. The van der Waals surface area contributed by atoms with Gasteiger partial charge in [-0.2, -0.15) is 0 Å². The van der Waals surface area contributed by atoms with Crippen LogP contribution in [0.3, 0.4) is 0 Å². The standard InChI is InChI=1S/C21H16F2N4O2S/c1-12-9-17-19(24-12)20(29)27(14-5-3-2-4-6-14)21(26-17)30-11-18(28)25-16-10-13(22)7-8-15(16)23/h2-10,24H,11H2,1H3,(H,25,28). The van der Waals surface area contributed by atoms with E-state index in [-0.39, 0.29) is 17.0 Å². The maximum absolute atomic E-state index is 13.8. The van der Waals surface area contributed by atoms with Crippen LogP contribution in [0.4, 0.5) is 14.5 Å². The van der Waals surface area contributed by atoms with Crippen molar-refractivity contribution in [2.75, 3.05) is 11.1 Å². The summed E-state index contributed by atoms with van der Waals surface area (Å²) >= 11 is 1.03. The molecule has 0 bridgehead atoms. The minimum Gasteiger partial charge on any atom is -0.353 e. The number of thioether (sulfide) groups is 1. The number of nitrogens with one attached hydrogen (secondary N) is 2. The minimum atomic E-state index is -0.738. The summed E-state index contributed by atoms with van der Waals surface area (Å²) in [5.41, 5.74) is 1.71. The van der Waals surface area contributed by atoms with Crippen LogP contribution >= 0.6 is 11.8 Å². The van der Waals surface area contributed by atoms with Crippen LogP contribution in [0.15, 0.2) is 64.5 Å². The van der Waals surface area contributed by atoms with Crippen LogP contribution in [0.25, 0.3) is 16.7 Å². The van der Waals surface area contributed by atoms with Crippen molar-refractivity contribution in [3.8, 4) is 5.69 Å². The Balaban J connectivity index is 1.65. The van der Waals surface area contributed by atoms with Gasteiger partial charge in [0, 0.05) is 11.8 Å². The Bertz CT molecular complexity index is 1300. The summed E-state index contributed by atoms with van der Waals surface area (Å²) in [5.74, 6) is -2.10. The maximum atomic E-state index is 13.8. The van der Waals surface area contributed by atoms with E-state index >= 15 is 0 Å². The Kier molecular flexibility index (Phi) is 5.37. The zero-order valence-electron chi connectivity index (χ0n) is 15.8. The van der Waals surface area contributed by atoms with Gasteiger partial charge in [-0.05, 0) is 37.3 Å². The number of rotatable bonds is 5. The van der Waals surface area contributed by atoms with Crippen molar-refractivity contribution < 1.29 is 13.6 Å². The average Bonchev–Trinajstić information content (AvgIpc) is 3.10. The van der Waals surface area contributed by atoms with E-state index in [0.29, 0.717) is 21.9 Å². The molecule has 2 heterocycles. The monoisotopic (exact) mass is 426 g/mol. The fraction of sp³-hybridized carbons (Fsp3) is 0.0952. The minimum absolute atomic E-state index is 0.149. The smallest absolute Gasteiger partial charge is 0.283 e. The number of H-pyrrole nitrogens is 1. The molecule has 4 rings (SSSR count). The molecule has 1 amide bonds. The lowest BCUT2D eigenvalue weighted by Crippen LogP contribution is -2.23. The van der Waals surface area contributed by atoms with Gasteiger partial charge in [-0.25, -0.2) is 13.8 Å². The Hall–Kier alpha value is -3.46. The molecule has 0 unspecified atom stereocenters. The Morgan fingerprint density at radius 2 is 1.93 bits per heavy atom. The predicted octanol–water partition coefficient (Wildman–Crippen LogP) is 4.03. The van der Waals surface area contributed by atoms with Gasteiger partial charge in [0.25, 0.3) is 5.56 Å². The van der Waals surface area contributed by atoms with Crippen LogP contribution in [-0.2, 0) is 4.79 Å². The third-order valence-corrected chi connectivity index (χ3v) is 5.24. The van der Waals surface area contributed by atoms with Crippen LogP contribution in [0.1, 0.15) is 5.69 Å². The number of anilines is 1. The van der Waals surface area contributed by atoms with Crippen molar-refractivity contribution in [2.45, 2.75) is 12.1 Å². The van der Waals surface area contributed by atoms with Crippen LogP contribution in [0.5, 0.6) is 0 Å². The normalized spacial score (nSPS) is 11.0. The van der Waals surface area contributed by atoms with E-state index in [2.05, 4.69) is 15.3 Å². The van der Waals surface area contributed by atoms with E-state index in [9.17, 15) is 18.4 Å². The highest BCUT2D eigenvalue weighted by Crippen LogP contribution is 2.22. The molecule has 9 heteroatoms. The topological polar surface area (TPSA) is 79.8 Å². The summed E-state index contributed by atoms with van der Waals surface area (Å²) in [5, 5.41) is 2.65. The summed E-state index contributed by atoms with van der Waals surface area (Å²) in [4.78, 5) is 32.9. The van der Waals surface area contributed by atoms with Gasteiger partial charge in [0.2, 0.25) is 5.91 Å². The summed E-state index contributed by atoms with van der Waals surface area (Å²) in [6, 6.07) is 13.5. The van der Waals surface area contributed by atoms with Crippen molar-refractivity contribution in [3.63, 3.8) is 0 Å². The van der Waals surface area contributed by atoms with Crippen LogP contribution in [0.2, 0.25) is 0 Å². The molecule has 4 aromatic rings. The van der Waals surface area contributed by atoms with E-state index in [1.54, 1.807) is 30.3 Å². The Morgan fingerprint density at radius 3 is 2.70 bits per heavy atom. The zero-order valence-corrected chi connectivity index (χ0v) is 16.6. The van der Waals surface area contributed by atoms with Gasteiger partial charge < -0.3 is 10.3 Å². The summed E-state index contributed by atoms with van der Waals surface area (Å²) in [6.07, 6.45) is 0. The van der Waals surface area contributed by atoms with E-state index in [0.717, 1.165) is 35.7 Å². The molecule has 30 heavy (non-hydrogen) atoms. The van der Waals surface area contributed by atoms with Crippen molar-refractivity contribution in [3.05, 3.63) is 82.3 Å². The highest BCUT2D eigenvalue weighted by Gasteiger charge is 2.17. The van der Waals surface area contributed by atoms with Crippen LogP contribution < -0.4 is 10.9 Å². The van der Waals surface area contributed by atoms with Crippen molar-refractivity contribution in [1.82, 2.24) is 14.5 Å². The van der Waals surface area contributed by atoms with Gasteiger partial charge >= 0.3 is 0 Å². The molecule has 0 aliphatic heterocycles. The summed E-state index contributed by atoms with van der Waals surface area (Å²) in [6.45, 7) is 1.82.